The predicted octanol–water partition coefficient (Wildman–Crippen LogP) is 3.99. The number of nitrogens with zero attached hydrogens (tertiary/aromatic N) is 3. The maximum absolute atomic E-state index is 12.3. The Bertz CT molecular complexity index is 1200. The van der Waals surface area contributed by atoms with Gasteiger partial charge in [0.05, 0.1) is 25.4 Å². The molecule has 0 aliphatic carbocycles. The molecule has 2 aliphatic rings. The zero-order chi connectivity index (χ0) is 28.4. The minimum absolute atomic E-state index is 0.0687. The normalized spacial score (nSPS) is 19.9. The van der Waals surface area contributed by atoms with Crippen LogP contribution in [0.25, 0.3) is 0 Å². The summed E-state index contributed by atoms with van der Waals surface area (Å²) in [6.45, 7) is 6.98. The average molecular weight is 535 g/mol. The number of aldehydes is 2. The Hall–Kier alpha value is -3.98. The number of nitrogens with one attached hydrogen (secondary N) is 1. The third-order valence-corrected chi connectivity index (χ3v) is 6.86. The lowest BCUT2D eigenvalue weighted by atomic mass is 9.95. The monoisotopic (exact) mass is 534 g/mol. The standard InChI is InChI=1S/C30H38N4O5/c1-6-7-9-22-12-25(33(3)17-21(22)2)16-31-27-15-29(28(38-5)13-23(27)19-35)39-11-8-10-30(37)32-24-14-26(20-36)34(4)18-24/h6-7,9,13,15-16,18-20,25-26H,1,8,10-12,14,17H2,2-5H3,(H,32,37)/b9-7-,31-16?. The number of benzene rings is 1. The highest BCUT2D eigenvalue weighted by molar-refractivity contribution is 5.87. The van der Waals surface area contributed by atoms with Crippen LogP contribution in [-0.2, 0) is 9.59 Å². The average Bonchev–Trinajstić information content (AvgIpc) is 3.28. The number of carbonyl (C=O) groups excluding carboxylic acids is 3. The van der Waals surface area contributed by atoms with Crippen molar-refractivity contribution in [1.82, 2.24) is 15.1 Å². The van der Waals surface area contributed by atoms with E-state index >= 15 is 0 Å². The van der Waals surface area contributed by atoms with E-state index in [-0.39, 0.29) is 31.0 Å². The van der Waals surface area contributed by atoms with Crippen LogP contribution in [0.2, 0.25) is 0 Å². The number of ether oxygens (including phenoxy) is 2. The Morgan fingerprint density at radius 3 is 2.67 bits per heavy atom. The summed E-state index contributed by atoms with van der Waals surface area (Å²) < 4.78 is 11.4. The third kappa shape index (κ3) is 8.00. The second-order valence-electron chi connectivity index (χ2n) is 9.77. The Morgan fingerprint density at radius 1 is 1.21 bits per heavy atom. The highest BCUT2D eigenvalue weighted by atomic mass is 16.5. The number of allylic oxidation sites excluding steroid dienone is 3. The van der Waals surface area contributed by atoms with Crippen molar-refractivity contribution >= 4 is 30.4 Å². The molecule has 1 N–H and O–H groups in total. The molecule has 0 saturated heterocycles. The van der Waals surface area contributed by atoms with Gasteiger partial charge in [-0.3, -0.25) is 19.5 Å². The van der Waals surface area contributed by atoms with Crippen molar-refractivity contribution in [1.29, 1.82) is 0 Å². The van der Waals surface area contributed by atoms with E-state index in [4.69, 9.17) is 9.47 Å². The molecule has 0 fully saturated rings. The van der Waals surface area contributed by atoms with E-state index < -0.39 is 0 Å². The molecular weight excluding hydrogens is 496 g/mol. The van der Waals surface area contributed by atoms with Crippen LogP contribution in [0.15, 0.2) is 65.0 Å². The van der Waals surface area contributed by atoms with E-state index in [1.165, 1.54) is 18.3 Å². The number of amides is 1. The van der Waals surface area contributed by atoms with Crippen molar-refractivity contribution in [2.45, 2.75) is 44.7 Å². The van der Waals surface area contributed by atoms with Crippen LogP contribution in [0.5, 0.6) is 11.5 Å². The summed E-state index contributed by atoms with van der Waals surface area (Å²) in [5.74, 6) is 0.734. The summed E-state index contributed by atoms with van der Waals surface area (Å²) in [6.07, 6.45) is 13.1. The van der Waals surface area contributed by atoms with Crippen LogP contribution < -0.4 is 14.8 Å². The Labute approximate surface area is 230 Å². The van der Waals surface area contributed by atoms with Gasteiger partial charge in [-0.25, -0.2) is 0 Å². The van der Waals surface area contributed by atoms with Crippen LogP contribution in [0.1, 0.15) is 43.0 Å². The van der Waals surface area contributed by atoms with Crippen LogP contribution in [0, 0.1) is 0 Å². The lowest BCUT2D eigenvalue weighted by molar-refractivity contribution is -0.120. The highest BCUT2D eigenvalue weighted by Crippen LogP contribution is 2.35. The molecule has 208 valence electrons. The SMILES string of the molecule is C=C/C=C\C1=C(C)CN(C)C(C=Nc2cc(OCCCC(=O)NC3=CN(C)C(C=O)C3)c(OC)cc2C=O)C1. The van der Waals surface area contributed by atoms with Crippen molar-refractivity contribution < 1.29 is 23.9 Å². The quantitative estimate of drug-likeness (QED) is 0.177. The molecule has 9 heteroatoms. The molecule has 0 aromatic heterocycles. The molecule has 2 aliphatic heterocycles. The lowest BCUT2D eigenvalue weighted by Crippen LogP contribution is -2.38. The molecular formula is C30H38N4O5. The molecule has 2 unspecified atom stereocenters. The van der Waals surface area contributed by atoms with Gasteiger partial charge >= 0.3 is 0 Å². The van der Waals surface area contributed by atoms with Crippen molar-refractivity contribution in [3.8, 4) is 11.5 Å². The molecule has 2 heterocycles. The van der Waals surface area contributed by atoms with Gasteiger partial charge in [0.2, 0.25) is 5.91 Å². The molecule has 0 bridgehead atoms. The molecule has 3 rings (SSSR count). The Balaban J connectivity index is 1.63. The van der Waals surface area contributed by atoms with Crippen LogP contribution in [0.3, 0.4) is 0 Å². The maximum Gasteiger partial charge on any atom is 0.224 e. The van der Waals surface area contributed by atoms with Gasteiger partial charge in [-0.1, -0.05) is 30.4 Å². The molecule has 1 aromatic carbocycles. The van der Waals surface area contributed by atoms with Gasteiger partial charge in [-0.05, 0) is 38.5 Å². The predicted molar refractivity (Wildman–Crippen MR) is 153 cm³/mol. The topological polar surface area (TPSA) is 101 Å². The van der Waals surface area contributed by atoms with Crippen molar-refractivity contribution in [2.24, 2.45) is 4.99 Å². The van der Waals surface area contributed by atoms with E-state index in [1.54, 1.807) is 36.4 Å². The first-order valence-electron chi connectivity index (χ1n) is 13.0. The zero-order valence-corrected chi connectivity index (χ0v) is 23.2. The summed E-state index contributed by atoms with van der Waals surface area (Å²) in [4.78, 5) is 43.8. The second kappa shape index (κ2) is 14.2. The molecule has 0 saturated carbocycles. The molecule has 9 nitrogen and oxygen atoms in total. The van der Waals surface area contributed by atoms with Crippen molar-refractivity contribution in [3.63, 3.8) is 0 Å². The number of likely N-dealkylation sites (N-methyl/N-ethyl adjacent to an activating group) is 2. The fourth-order valence-corrected chi connectivity index (χ4v) is 4.57. The smallest absolute Gasteiger partial charge is 0.224 e. The lowest BCUT2D eigenvalue weighted by Gasteiger charge is -2.31. The Morgan fingerprint density at radius 2 is 2.00 bits per heavy atom. The molecule has 39 heavy (non-hydrogen) atoms. The fourth-order valence-electron chi connectivity index (χ4n) is 4.57. The number of carbonyl (C=O) groups is 3. The van der Waals surface area contributed by atoms with E-state index in [0.29, 0.717) is 35.6 Å². The van der Waals surface area contributed by atoms with Gasteiger partial charge in [0.15, 0.2) is 17.8 Å². The molecule has 1 amide bonds. The summed E-state index contributed by atoms with van der Waals surface area (Å²) >= 11 is 0. The minimum atomic E-state index is -0.238. The second-order valence-corrected chi connectivity index (χ2v) is 9.77. The molecule has 0 radical (unpaired) electrons. The number of methoxy groups -OCH3 is 1. The van der Waals surface area contributed by atoms with Crippen LogP contribution >= 0.6 is 0 Å². The highest BCUT2D eigenvalue weighted by Gasteiger charge is 2.23. The van der Waals surface area contributed by atoms with E-state index in [0.717, 1.165) is 31.2 Å². The van der Waals surface area contributed by atoms with E-state index in [1.807, 2.05) is 12.3 Å². The molecule has 0 spiro atoms. The zero-order valence-electron chi connectivity index (χ0n) is 23.2. The largest absolute Gasteiger partial charge is 0.493 e. The summed E-state index contributed by atoms with van der Waals surface area (Å²) in [5.41, 5.74) is 4.17. The van der Waals surface area contributed by atoms with Gasteiger partial charge in [0.1, 0.15) is 6.29 Å². The number of hydrogen-bond acceptors (Lipinski definition) is 8. The summed E-state index contributed by atoms with van der Waals surface area (Å²) in [5, 5.41) is 2.85. The van der Waals surface area contributed by atoms with E-state index in [2.05, 4.69) is 41.8 Å². The number of rotatable bonds is 13. The fraction of sp³-hybridized carbons (Fsp3) is 0.400. The van der Waals surface area contributed by atoms with E-state index in [9.17, 15) is 14.4 Å². The maximum atomic E-state index is 12.3. The van der Waals surface area contributed by atoms with Gasteiger partial charge in [0.25, 0.3) is 0 Å². The van der Waals surface area contributed by atoms with Crippen molar-refractivity contribution in [2.75, 3.05) is 34.4 Å². The Kier molecular flexibility index (Phi) is 10.8. The van der Waals surface area contributed by atoms with Crippen molar-refractivity contribution in [3.05, 3.63) is 65.5 Å². The van der Waals surface area contributed by atoms with Gasteiger partial charge in [-0.2, -0.15) is 0 Å². The first-order chi connectivity index (χ1) is 18.8. The van der Waals surface area contributed by atoms with Gasteiger partial charge < -0.3 is 24.5 Å². The van der Waals surface area contributed by atoms with Gasteiger partial charge in [0, 0.05) is 62.2 Å². The van der Waals surface area contributed by atoms with Crippen LogP contribution in [-0.4, -0.2) is 80.9 Å². The third-order valence-electron chi connectivity index (χ3n) is 6.86. The summed E-state index contributed by atoms with van der Waals surface area (Å²) in [6, 6.07) is 3.14. The first-order valence-corrected chi connectivity index (χ1v) is 13.0. The molecule has 2 atom stereocenters. The number of aliphatic imine (C=N–C) groups is 1. The summed E-state index contributed by atoms with van der Waals surface area (Å²) in [7, 11) is 5.36. The first kappa shape index (κ1) is 29.6. The van der Waals surface area contributed by atoms with Crippen LogP contribution in [0.4, 0.5) is 5.69 Å². The number of hydrogen-bond donors (Lipinski definition) is 1. The van der Waals surface area contributed by atoms with Gasteiger partial charge in [-0.15, -0.1) is 0 Å². The molecule has 1 aromatic rings. The minimum Gasteiger partial charge on any atom is -0.493 e.